The van der Waals surface area contributed by atoms with Crippen molar-refractivity contribution in [3.05, 3.63) is 42.2 Å². The highest BCUT2D eigenvalue weighted by Gasteiger charge is 2.08. The van der Waals surface area contributed by atoms with Crippen LogP contribution in [0.3, 0.4) is 0 Å². The van der Waals surface area contributed by atoms with Crippen molar-refractivity contribution in [3.63, 3.8) is 0 Å². The first-order chi connectivity index (χ1) is 9.72. The number of nitrogens with zero attached hydrogens (tertiary/aromatic N) is 3. The monoisotopic (exact) mass is 271 g/mol. The van der Waals surface area contributed by atoms with Crippen LogP contribution in [0.4, 0.5) is 0 Å². The minimum atomic E-state index is -0.362. The van der Waals surface area contributed by atoms with Crippen LogP contribution in [-0.2, 0) is 16.1 Å². The van der Waals surface area contributed by atoms with Crippen molar-refractivity contribution in [2.75, 3.05) is 6.61 Å². The molecule has 20 heavy (non-hydrogen) atoms. The Morgan fingerprint density at radius 1 is 1.45 bits per heavy atom. The summed E-state index contributed by atoms with van der Waals surface area (Å²) < 4.78 is 11.8. The van der Waals surface area contributed by atoms with Crippen LogP contribution in [0.5, 0.6) is 11.5 Å². The molecule has 6 heteroatoms. The summed E-state index contributed by atoms with van der Waals surface area (Å²) in [4.78, 5) is 11.3. The first kappa shape index (κ1) is 13.6. The van der Waals surface area contributed by atoms with Crippen LogP contribution >= 0.6 is 0 Å². The number of rotatable bonds is 5. The lowest BCUT2D eigenvalue weighted by Gasteiger charge is -2.04. The summed E-state index contributed by atoms with van der Waals surface area (Å²) in [6, 6.07) is 8.94. The number of para-hydroxylation sites is 1. The number of nitriles is 1. The van der Waals surface area contributed by atoms with Gasteiger partial charge in [-0.1, -0.05) is 12.1 Å². The van der Waals surface area contributed by atoms with Gasteiger partial charge in [-0.15, -0.1) is 0 Å². The molecule has 2 rings (SSSR count). The third-order valence-electron chi connectivity index (χ3n) is 2.44. The molecule has 0 spiro atoms. The lowest BCUT2D eigenvalue weighted by atomic mass is 10.2. The van der Waals surface area contributed by atoms with Crippen LogP contribution in [-0.4, -0.2) is 22.4 Å². The molecule has 102 valence electrons. The van der Waals surface area contributed by atoms with Crippen LogP contribution in [0.15, 0.2) is 36.7 Å². The fourth-order valence-corrected chi connectivity index (χ4v) is 1.60. The number of esters is 1. The zero-order chi connectivity index (χ0) is 14.4. The van der Waals surface area contributed by atoms with E-state index in [1.165, 1.54) is 10.9 Å². The second-order valence-electron chi connectivity index (χ2n) is 3.89. The van der Waals surface area contributed by atoms with Gasteiger partial charge in [-0.2, -0.15) is 10.4 Å². The highest BCUT2D eigenvalue weighted by atomic mass is 16.5. The van der Waals surface area contributed by atoms with Crippen molar-refractivity contribution in [1.29, 1.82) is 5.26 Å². The molecule has 1 aromatic heterocycles. The Balaban J connectivity index is 2.06. The van der Waals surface area contributed by atoms with Crippen molar-refractivity contribution in [2.24, 2.45) is 0 Å². The highest BCUT2D eigenvalue weighted by Crippen LogP contribution is 2.23. The van der Waals surface area contributed by atoms with Crippen LogP contribution < -0.4 is 4.74 Å². The van der Waals surface area contributed by atoms with Crippen LogP contribution in [0, 0.1) is 11.3 Å². The second kappa shape index (κ2) is 6.38. The molecule has 0 aliphatic heterocycles. The summed E-state index contributed by atoms with van der Waals surface area (Å²) in [5.41, 5.74) is 0.436. The number of carbonyl (C=O) groups excluding carboxylic acids is 1. The lowest BCUT2D eigenvalue weighted by molar-refractivity contribution is -0.144. The van der Waals surface area contributed by atoms with E-state index in [0.29, 0.717) is 23.7 Å². The Kier molecular flexibility index (Phi) is 4.35. The number of hydrogen-bond acceptors (Lipinski definition) is 5. The van der Waals surface area contributed by atoms with Gasteiger partial charge in [0.15, 0.2) is 5.75 Å². The van der Waals surface area contributed by atoms with Gasteiger partial charge < -0.3 is 9.47 Å². The topological polar surface area (TPSA) is 77.1 Å². The van der Waals surface area contributed by atoms with Crippen molar-refractivity contribution in [3.8, 4) is 17.6 Å². The van der Waals surface area contributed by atoms with Gasteiger partial charge in [0, 0.05) is 0 Å². The molecule has 0 bridgehead atoms. The molecule has 0 radical (unpaired) electrons. The molecule has 0 saturated carbocycles. The number of carbonyl (C=O) groups is 1. The minimum absolute atomic E-state index is 0.0249. The molecule has 1 aromatic carbocycles. The van der Waals surface area contributed by atoms with Gasteiger partial charge in [-0.05, 0) is 19.1 Å². The maximum atomic E-state index is 11.3. The standard InChI is InChI=1S/C14H13N3O3/c1-2-19-14(18)10-17-9-12(8-16-17)20-13-6-4-3-5-11(13)7-15/h3-6,8-9H,2,10H2,1H3. The van der Waals surface area contributed by atoms with E-state index in [4.69, 9.17) is 14.7 Å². The third kappa shape index (κ3) is 3.36. The highest BCUT2D eigenvalue weighted by molar-refractivity contribution is 5.69. The van der Waals surface area contributed by atoms with Crippen molar-refractivity contribution in [1.82, 2.24) is 9.78 Å². The van der Waals surface area contributed by atoms with E-state index in [2.05, 4.69) is 5.10 Å². The maximum absolute atomic E-state index is 11.3. The molecule has 0 aliphatic rings. The van der Waals surface area contributed by atoms with Gasteiger partial charge >= 0.3 is 5.97 Å². The Labute approximate surface area is 116 Å². The van der Waals surface area contributed by atoms with Gasteiger partial charge in [-0.3, -0.25) is 9.48 Å². The van der Waals surface area contributed by atoms with Gasteiger partial charge in [0.25, 0.3) is 0 Å². The Bertz CT molecular complexity index is 643. The average molecular weight is 271 g/mol. The third-order valence-corrected chi connectivity index (χ3v) is 2.44. The van der Waals surface area contributed by atoms with Gasteiger partial charge in [0.2, 0.25) is 0 Å². The van der Waals surface area contributed by atoms with E-state index in [9.17, 15) is 4.79 Å². The largest absolute Gasteiger partial charge is 0.465 e. The maximum Gasteiger partial charge on any atom is 0.327 e. The number of hydrogen-bond donors (Lipinski definition) is 0. The fraction of sp³-hybridized carbons (Fsp3) is 0.214. The summed E-state index contributed by atoms with van der Waals surface area (Å²) in [5, 5.41) is 13.0. The molecule has 6 nitrogen and oxygen atoms in total. The number of benzene rings is 1. The number of aromatic nitrogens is 2. The fourth-order valence-electron chi connectivity index (χ4n) is 1.60. The van der Waals surface area contributed by atoms with Crippen molar-refractivity contribution < 1.29 is 14.3 Å². The molecular weight excluding hydrogens is 258 g/mol. The minimum Gasteiger partial charge on any atom is -0.465 e. The molecule has 2 aromatic rings. The Morgan fingerprint density at radius 3 is 3.00 bits per heavy atom. The first-order valence-corrected chi connectivity index (χ1v) is 6.08. The zero-order valence-electron chi connectivity index (χ0n) is 10.9. The molecular formula is C14H13N3O3. The SMILES string of the molecule is CCOC(=O)Cn1cc(Oc2ccccc2C#N)cn1. The van der Waals surface area contributed by atoms with Crippen molar-refractivity contribution >= 4 is 5.97 Å². The normalized spacial score (nSPS) is 9.80. The molecule has 0 aliphatic carbocycles. The van der Waals surface area contributed by atoms with Crippen molar-refractivity contribution in [2.45, 2.75) is 13.5 Å². The van der Waals surface area contributed by atoms with Gasteiger partial charge in [0.05, 0.1) is 24.6 Å². The quantitative estimate of drug-likeness (QED) is 0.778. The lowest BCUT2D eigenvalue weighted by Crippen LogP contribution is -2.13. The molecule has 0 atom stereocenters. The molecule has 0 unspecified atom stereocenters. The predicted octanol–water partition coefficient (Wildman–Crippen LogP) is 2.11. The summed E-state index contributed by atoms with van der Waals surface area (Å²) in [5.74, 6) is 0.544. The second-order valence-corrected chi connectivity index (χ2v) is 3.89. The Morgan fingerprint density at radius 2 is 2.25 bits per heavy atom. The molecule has 0 fully saturated rings. The zero-order valence-corrected chi connectivity index (χ0v) is 10.9. The smallest absolute Gasteiger partial charge is 0.327 e. The van der Waals surface area contributed by atoms with E-state index in [0.717, 1.165) is 0 Å². The van der Waals surface area contributed by atoms with E-state index in [-0.39, 0.29) is 12.5 Å². The van der Waals surface area contributed by atoms with Crippen LogP contribution in [0.1, 0.15) is 12.5 Å². The summed E-state index contributed by atoms with van der Waals surface area (Å²) in [7, 11) is 0. The molecule has 0 N–H and O–H groups in total. The molecule has 1 heterocycles. The summed E-state index contributed by atoms with van der Waals surface area (Å²) in [6.45, 7) is 2.10. The Hall–Kier alpha value is -2.81. The van der Waals surface area contributed by atoms with Crippen LogP contribution in [0.25, 0.3) is 0 Å². The van der Waals surface area contributed by atoms with E-state index < -0.39 is 0 Å². The average Bonchev–Trinajstić information content (AvgIpc) is 2.87. The molecule has 0 amide bonds. The summed E-state index contributed by atoms with van der Waals surface area (Å²) in [6.07, 6.45) is 3.05. The van der Waals surface area contributed by atoms with Gasteiger partial charge in [-0.25, -0.2) is 0 Å². The van der Waals surface area contributed by atoms with Gasteiger partial charge in [0.1, 0.15) is 18.4 Å². The summed E-state index contributed by atoms with van der Waals surface area (Å²) >= 11 is 0. The predicted molar refractivity (Wildman–Crippen MR) is 70.1 cm³/mol. The molecule has 0 saturated heterocycles. The van der Waals surface area contributed by atoms with E-state index >= 15 is 0 Å². The van der Waals surface area contributed by atoms with E-state index in [1.807, 2.05) is 6.07 Å². The van der Waals surface area contributed by atoms with E-state index in [1.54, 1.807) is 37.4 Å². The first-order valence-electron chi connectivity index (χ1n) is 6.08. The van der Waals surface area contributed by atoms with Crippen LogP contribution in [0.2, 0.25) is 0 Å². The number of ether oxygens (including phenoxy) is 2.